The zero-order valence-corrected chi connectivity index (χ0v) is 17.3. The molecule has 0 spiro atoms. The minimum atomic E-state index is -3.58. The van der Waals surface area contributed by atoms with Crippen molar-refractivity contribution in [3.63, 3.8) is 0 Å². The van der Waals surface area contributed by atoms with Gasteiger partial charge in [0.2, 0.25) is 10.0 Å². The number of rotatable bonds is 6. The van der Waals surface area contributed by atoms with Crippen molar-refractivity contribution in [3.05, 3.63) is 64.7 Å². The van der Waals surface area contributed by atoms with Gasteiger partial charge in [0, 0.05) is 43.8 Å². The van der Waals surface area contributed by atoms with Crippen LogP contribution in [0.25, 0.3) is 0 Å². The molecule has 1 aliphatic heterocycles. The van der Waals surface area contributed by atoms with Gasteiger partial charge in [-0.1, -0.05) is 41.4 Å². The molecule has 1 fully saturated rings. The SMILES string of the molecule is Cc1ccc([C@@H](CNS(=O)(=O)c2ccc(Cl)cc2)N2CCN(C)CC2)cc1. The first-order valence-electron chi connectivity index (χ1n) is 9.09. The molecular weight excluding hydrogens is 382 g/mol. The van der Waals surface area contributed by atoms with Crippen LogP contribution in [0.2, 0.25) is 5.02 Å². The summed E-state index contributed by atoms with van der Waals surface area (Å²) in [5.41, 5.74) is 2.32. The molecule has 1 aliphatic rings. The summed E-state index contributed by atoms with van der Waals surface area (Å²) in [4.78, 5) is 4.88. The van der Waals surface area contributed by atoms with Gasteiger partial charge in [0.05, 0.1) is 4.90 Å². The minimum Gasteiger partial charge on any atom is -0.304 e. The molecule has 1 atom stereocenters. The van der Waals surface area contributed by atoms with Crippen molar-refractivity contribution in [1.29, 1.82) is 0 Å². The topological polar surface area (TPSA) is 52.7 Å². The largest absolute Gasteiger partial charge is 0.304 e. The summed E-state index contributed by atoms with van der Waals surface area (Å²) in [6.07, 6.45) is 0. The minimum absolute atomic E-state index is 0.00127. The first-order chi connectivity index (χ1) is 12.8. The lowest BCUT2D eigenvalue weighted by atomic mass is 10.0. The van der Waals surface area contributed by atoms with Crippen LogP contribution < -0.4 is 4.72 Å². The summed E-state index contributed by atoms with van der Waals surface area (Å²) in [6, 6.07) is 14.6. The lowest BCUT2D eigenvalue weighted by Crippen LogP contribution is -2.48. The van der Waals surface area contributed by atoms with Crippen molar-refractivity contribution in [2.45, 2.75) is 17.9 Å². The highest BCUT2D eigenvalue weighted by atomic mass is 35.5. The van der Waals surface area contributed by atoms with Crippen LogP contribution in [-0.2, 0) is 10.0 Å². The lowest BCUT2D eigenvalue weighted by Gasteiger charge is -2.38. The number of aryl methyl sites for hydroxylation is 1. The third kappa shape index (κ3) is 5.30. The van der Waals surface area contributed by atoms with Crippen LogP contribution in [0, 0.1) is 6.92 Å². The van der Waals surface area contributed by atoms with E-state index < -0.39 is 10.0 Å². The third-order valence-electron chi connectivity index (χ3n) is 5.03. The van der Waals surface area contributed by atoms with E-state index in [4.69, 9.17) is 11.6 Å². The second-order valence-corrected chi connectivity index (χ2v) is 9.27. The molecule has 0 amide bonds. The van der Waals surface area contributed by atoms with E-state index in [1.807, 2.05) is 0 Å². The zero-order chi connectivity index (χ0) is 19.4. The fourth-order valence-corrected chi connectivity index (χ4v) is 4.43. The van der Waals surface area contributed by atoms with Crippen LogP contribution in [-0.4, -0.2) is 58.0 Å². The van der Waals surface area contributed by atoms with Gasteiger partial charge in [-0.3, -0.25) is 4.90 Å². The van der Waals surface area contributed by atoms with Crippen molar-refractivity contribution < 1.29 is 8.42 Å². The Bertz CT molecular complexity index is 846. The molecule has 0 unspecified atom stereocenters. The first kappa shape index (κ1) is 20.3. The highest BCUT2D eigenvalue weighted by Crippen LogP contribution is 2.23. The summed E-state index contributed by atoms with van der Waals surface area (Å²) in [5, 5.41) is 0.518. The van der Waals surface area contributed by atoms with Crippen LogP contribution in [0.1, 0.15) is 17.2 Å². The van der Waals surface area contributed by atoms with E-state index in [-0.39, 0.29) is 10.9 Å². The van der Waals surface area contributed by atoms with E-state index in [0.717, 1.165) is 31.7 Å². The number of piperazine rings is 1. The van der Waals surface area contributed by atoms with Gasteiger partial charge in [-0.25, -0.2) is 13.1 Å². The molecule has 0 radical (unpaired) electrons. The molecular formula is C20H26ClN3O2S. The van der Waals surface area contributed by atoms with E-state index in [2.05, 4.69) is 52.8 Å². The van der Waals surface area contributed by atoms with Crippen LogP contribution in [0.15, 0.2) is 53.4 Å². The van der Waals surface area contributed by atoms with E-state index in [9.17, 15) is 8.42 Å². The molecule has 27 heavy (non-hydrogen) atoms. The van der Waals surface area contributed by atoms with Crippen LogP contribution in [0.5, 0.6) is 0 Å². The summed E-state index contributed by atoms with van der Waals surface area (Å²) in [7, 11) is -1.47. The van der Waals surface area contributed by atoms with Crippen molar-refractivity contribution in [2.75, 3.05) is 39.8 Å². The van der Waals surface area contributed by atoms with Crippen molar-refractivity contribution in [1.82, 2.24) is 14.5 Å². The van der Waals surface area contributed by atoms with Gasteiger partial charge in [-0.05, 0) is 43.8 Å². The van der Waals surface area contributed by atoms with Gasteiger partial charge in [0.1, 0.15) is 0 Å². The average molecular weight is 408 g/mol. The fraction of sp³-hybridized carbons (Fsp3) is 0.400. The van der Waals surface area contributed by atoms with Crippen molar-refractivity contribution in [2.24, 2.45) is 0 Å². The number of hydrogen-bond donors (Lipinski definition) is 1. The molecule has 5 nitrogen and oxygen atoms in total. The normalized spacial score (nSPS) is 17.7. The maximum Gasteiger partial charge on any atom is 0.240 e. The van der Waals surface area contributed by atoms with Gasteiger partial charge in [0.25, 0.3) is 0 Å². The Kier molecular flexibility index (Phi) is 6.55. The third-order valence-corrected chi connectivity index (χ3v) is 6.72. The molecule has 3 rings (SSSR count). The number of hydrogen-bond acceptors (Lipinski definition) is 4. The van der Waals surface area contributed by atoms with Gasteiger partial charge in [0.15, 0.2) is 0 Å². The van der Waals surface area contributed by atoms with Crippen LogP contribution >= 0.6 is 11.6 Å². The predicted octanol–water partition coefficient (Wildman–Crippen LogP) is 2.92. The Balaban J connectivity index is 1.78. The molecule has 0 bridgehead atoms. The van der Waals surface area contributed by atoms with Crippen molar-refractivity contribution >= 4 is 21.6 Å². The molecule has 1 saturated heterocycles. The summed E-state index contributed by atoms with van der Waals surface area (Å²) >= 11 is 5.87. The van der Waals surface area contributed by atoms with Crippen molar-refractivity contribution in [3.8, 4) is 0 Å². The molecule has 7 heteroatoms. The molecule has 146 valence electrons. The second-order valence-electron chi connectivity index (χ2n) is 7.07. The Hall–Kier alpha value is -1.44. The van der Waals surface area contributed by atoms with E-state index >= 15 is 0 Å². The monoisotopic (exact) mass is 407 g/mol. The molecule has 0 aromatic heterocycles. The second kappa shape index (κ2) is 8.71. The average Bonchev–Trinajstić information content (AvgIpc) is 2.65. The highest BCUT2D eigenvalue weighted by Gasteiger charge is 2.26. The number of sulfonamides is 1. The fourth-order valence-electron chi connectivity index (χ4n) is 3.27. The highest BCUT2D eigenvalue weighted by molar-refractivity contribution is 7.89. The first-order valence-corrected chi connectivity index (χ1v) is 11.0. The van der Waals surface area contributed by atoms with E-state index in [1.54, 1.807) is 12.1 Å². The standard InChI is InChI=1S/C20H26ClN3O2S/c1-16-3-5-17(6-4-16)20(24-13-11-23(2)12-14-24)15-22-27(25,26)19-9-7-18(21)8-10-19/h3-10,20,22H,11-15H2,1-2H3/t20-/m1/s1. The predicted molar refractivity (Wildman–Crippen MR) is 110 cm³/mol. The van der Waals surface area contributed by atoms with Gasteiger partial charge < -0.3 is 4.90 Å². The summed E-state index contributed by atoms with van der Waals surface area (Å²) < 4.78 is 28.2. The number of nitrogens with one attached hydrogen (secondary N) is 1. The maximum absolute atomic E-state index is 12.7. The molecule has 2 aromatic carbocycles. The lowest BCUT2D eigenvalue weighted by molar-refractivity contribution is 0.113. The Morgan fingerprint density at radius 3 is 2.19 bits per heavy atom. The van der Waals surface area contributed by atoms with Crippen LogP contribution in [0.4, 0.5) is 0 Å². The smallest absolute Gasteiger partial charge is 0.240 e. The molecule has 0 saturated carbocycles. The zero-order valence-electron chi connectivity index (χ0n) is 15.7. The molecule has 1 N–H and O–H groups in total. The van der Waals surface area contributed by atoms with Crippen LogP contribution in [0.3, 0.4) is 0 Å². The molecule has 0 aliphatic carbocycles. The maximum atomic E-state index is 12.7. The van der Waals surface area contributed by atoms with Gasteiger partial charge >= 0.3 is 0 Å². The molecule has 1 heterocycles. The van der Waals surface area contributed by atoms with Gasteiger partial charge in [-0.15, -0.1) is 0 Å². The quantitative estimate of drug-likeness (QED) is 0.799. The number of halogens is 1. The summed E-state index contributed by atoms with van der Waals surface area (Å²) in [5.74, 6) is 0. The number of likely N-dealkylation sites (N-methyl/N-ethyl adjacent to an activating group) is 1. The van der Waals surface area contributed by atoms with E-state index in [1.165, 1.54) is 17.7 Å². The Labute approximate surface area is 167 Å². The Morgan fingerprint density at radius 2 is 1.59 bits per heavy atom. The number of nitrogens with zero attached hydrogens (tertiary/aromatic N) is 2. The summed E-state index contributed by atoms with van der Waals surface area (Å²) in [6.45, 7) is 6.17. The van der Waals surface area contributed by atoms with Gasteiger partial charge in [-0.2, -0.15) is 0 Å². The Morgan fingerprint density at radius 1 is 1.00 bits per heavy atom. The molecule has 2 aromatic rings. The van der Waals surface area contributed by atoms with E-state index in [0.29, 0.717) is 11.6 Å². The number of benzene rings is 2.